The Labute approximate surface area is 135 Å². The van der Waals surface area contributed by atoms with Crippen molar-refractivity contribution in [3.05, 3.63) is 52.5 Å². The minimum atomic E-state index is -0.507. The first-order valence-electron chi connectivity index (χ1n) is 7.94. The van der Waals surface area contributed by atoms with Crippen LogP contribution in [-0.4, -0.2) is 23.1 Å². The zero-order valence-corrected chi connectivity index (χ0v) is 13.7. The van der Waals surface area contributed by atoms with E-state index < -0.39 is 11.6 Å². The molecule has 5 heteroatoms. The second kappa shape index (κ2) is 6.22. The summed E-state index contributed by atoms with van der Waals surface area (Å²) in [6.07, 6.45) is 1.69. The predicted octanol–water partition coefficient (Wildman–Crippen LogP) is 3.75. The van der Waals surface area contributed by atoms with Crippen LogP contribution >= 0.6 is 0 Å². The summed E-state index contributed by atoms with van der Waals surface area (Å²) < 4.78 is 26.6. The fraction of sp³-hybridized carbons (Fsp3) is 0.444. The Morgan fingerprint density at radius 3 is 2.48 bits per heavy atom. The van der Waals surface area contributed by atoms with Gasteiger partial charge in [-0.2, -0.15) is 0 Å². The van der Waals surface area contributed by atoms with Crippen LogP contribution in [0.1, 0.15) is 29.1 Å². The van der Waals surface area contributed by atoms with Crippen LogP contribution < -0.4 is 4.90 Å². The molecule has 1 aliphatic rings. The Morgan fingerprint density at radius 2 is 1.78 bits per heavy atom. The molecule has 0 radical (unpaired) electrons. The van der Waals surface area contributed by atoms with Gasteiger partial charge in [-0.3, -0.25) is 0 Å². The first-order chi connectivity index (χ1) is 10.9. The van der Waals surface area contributed by atoms with E-state index in [0.717, 1.165) is 54.0 Å². The zero-order valence-electron chi connectivity index (χ0n) is 13.7. The number of aryl methyl sites for hydroxylation is 2. The quantitative estimate of drug-likeness (QED) is 0.863. The van der Waals surface area contributed by atoms with Crippen LogP contribution in [0.4, 0.5) is 14.6 Å². The van der Waals surface area contributed by atoms with Gasteiger partial charge in [-0.25, -0.2) is 18.7 Å². The summed E-state index contributed by atoms with van der Waals surface area (Å²) >= 11 is 0. The molecule has 1 aliphatic heterocycles. The van der Waals surface area contributed by atoms with E-state index >= 15 is 0 Å². The number of rotatable bonds is 3. The van der Waals surface area contributed by atoms with E-state index in [0.29, 0.717) is 12.3 Å². The summed E-state index contributed by atoms with van der Waals surface area (Å²) in [5.74, 6) is 1.13. The molecular weight excluding hydrogens is 296 g/mol. The minimum absolute atomic E-state index is 0.381. The molecule has 1 aromatic carbocycles. The number of anilines is 1. The summed E-state index contributed by atoms with van der Waals surface area (Å²) in [6, 6.07) is 3.77. The Bertz CT molecular complexity index is 710. The lowest BCUT2D eigenvalue weighted by molar-refractivity contribution is 0.558. The number of hydrogen-bond donors (Lipinski definition) is 0. The van der Waals surface area contributed by atoms with Gasteiger partial charge >= 0.3 is 0 Å². The third-order valence-electron chi connectivity index (χ3n) is 4.51. The van der Waals surface area contributed by atoms with Crippen molar-refractivity contribution in [3.63, 3.8) is 0 Å². The van der Waals surface area contributed by atoms with Crippen LogP contribution in [0.15, 0.2) is 18.2 Å². The first-order valence-corrected chi connectivity index (χ1v) is 7.94. The Hall–Kier alpha value is -2.04. The summed E-state index contributed by atoms with van der Waals surface area (Å²) in [5, 5.41) is 0. The highest BCUT2D eigenvalue weighted by Gasteiger charge is 2.25. The number of aromatic nitrogens is 2. The van der Waals surface area contributed by atoms with Crippen LogP contribution in [0.5, 0.6) is 0 Å². The van der Waals surface area contributed by atoms with Gasteiger partial charge in [0, 0.05) is 30.4 Å². The molecule has 1 fully saturated rings. The predicted molar refractivity (Wildman–Crippen MR) is 86.6 cm³/mol. The van der Waals surface area contributed by atoms with Gasteiger partial charge < -0.3 is 4.90 Å². The molecule has 2 aromatic rings. The Kier molecular flexibility index (Phi) is 4.28. The zero-order chi connectivity index (χ0) is 16.6. The molecule has 1 aromatic heterocycles. The molecule has 0 spiro atoms. The van der Waals surface area contributed by atoms with Gasteiger partial charge in [0.05, 0.1) is 0 Å². The maximum atomic E-state index is 13.3. The summed E-state index contributed by atoms with van der Waals surface area (Å²) in [7, 11) is 0. The normalized spacial score (nSPS) is 17.8. The van der Waals surface area contributed by atoms with Crippen molar-refractivity contribution in [2.24, 2.45) is 5.92 Å². The van der Waals surface area contributed by atoms with E-state index in [4.69, 9.17) is 0 Å². The van der Waals surface area contributed by atoms with Gasteiger partial charge in [0.1, 0.15) is 23.3 Å². The average molecular weight is 317 g/mol. The first kappa shape index (κ1) is 15.8. The van der Waals surface area contributed by atoms with E-state index in [1.54, 1.807) is 0 Å². The number of halogens is 2. The maximum Gasteiger partial charge on any atom is 0.135 e. The summed E-state index contributed by atoms with van der Waals surface area (Å²) in [5.41, 5.74) is 2.83. The van der Waals surface area contributed by atoms with Gasteiger partial charge in [0.15, 0.2) is 0 Å². The van der Waals surface area contributed by atoms with E-state index in [9.17, 15) is 8.78 Å². The monoisotopic (exact) mass is 317 g/mol. The van der Waals surface area contributed by atoms with Gasteiger partial charge in [-0.05, 0) is 57.2 Å². The number of nitrogens with zero attached hydrogens (tertiary/aromatic N) is 3. The third kappa shape index (κ3) is 3.49. The highest BCUT2D eigenvalue weighted by molar-refractivity contribution is 5.49. The van der Waals surface area contributed by atoms with Crippen LogP contribution in [0.3, 0.4) is 0 Å². The smallest absolute Gasteiger partial charge is 0.135 e. The molecule has 0 amide bonds. The topological polar surface area (TPSA) is 29.0 Å². The van der Waals surface area contributed by atoms with Crippen LogP contribution in [0.25, 0.3) is 0 Å². The fourth-order valence-electron chi connectivity index (χ4n) is 3.31. The Balaban J connectivity index is 1.74. The molecule has 23 heavy (non-hydrogen) atoms. The number of hydrogen-bond acceptors (Lipinski definition) is 3. The molecule has 1 atom stereocenters. The lowest BCUT2D eigenvalue weighted by Gasteiger charge is -2.21. The molecule has 0 saturated carbocycles. The van der Waals surface area contributed by atoms with Crippen molar-refractivity contribution in [2.75, 3.05) is 18.0 Å². The minimum Gasteiger partial charge on any atom is -0.356 e. The van der Waals surface area contributed by atoms with E-state index in [1.165, 1.54) is 12.1 Å². The number of benzene rings is 1. The molecule has 1 saturated heterocycles. The van der Waals surface area contributed by atoms with Crippen LogP contribution in [-0.2, 0) is 6.42 Å². The van der Waals surface area contributed by atoms with Crippen molar-refractivity contribution in [2.45, 2.75) is 33.6 Å². The Morgan fingerprint density at radius 1 is 1.09 bits per heavy atom. The molecule has 0 aliphatic carbocycles. The fourth-order valence-corrected chi connectivity index (χ4v) is 3.31. The van der Waals surface area contributed by atoms with E-state index in [1.807, 2.05) is 20.8 Å². The molecule has 3 rings (SSSR count). The molecular formula is C18H21F2N3. The lowest BCUT2D eigenvalue weighted by atomic mass is 9.98. The van der Waals surface area contributed by atoms with Crippen LogP contribution in [0.2, 0.25) is 0 Å². The average Bonchev–Trinajstić information content (AvgIpc) is 2.90. The van der Waals surface area contributed by atoms with Gasteiger partial charge in [0.2, 0.25) is 0 Å². The third-order valence-corrected chi connectivity index (χ3v) is 4.51. The molecule has 122 valence electrons. The molecule has 2 heterocycles. The second-order valence-electron chi connectivity index (χ2n) is 6.39. The van der Waals surface area contributed by atoms with Gasteiger partial charge in [-0.15, -0.1) is 0 Å². The molecule has 0 bridgehead atoms. The van der Waals surface area contributed by atoms with Crippen molar-refractivity contribution in [1.82, 2.24) is 9.97 Å². The highest BCUT2D eigenvalue weighted by Crippen LogP contribution is 2.28. The van der Waals surface area contributed by atoms with Gasteiger partial charge in [0.25, 0.3) is 0 Å². The SMILES string of the molecule is Cc1nc(C)c(C)c(N2CCC(Cc3cc(F)cc(F)c3)C2)n1. The van der Waals surface area contributed by atoms with Crippen molar-refractivity contribution < 1.29 is 8.78 Å². The van der Waals surface area contributed by atoms with Crippen LogP contribution in [0, 0.1) is 38.3 Å². The second-order valence-corrected chi connectivity index (χ2v) is 6.39. The lowest BCUT2D eigenvalue weighted by Crippen LogP contribution is -2.23. The van der Waals surface area contributed by atoms with Gasteiger partial charge in [-0.1, -0.05) is 0 Å². The molecule has 0 N–H and O–H groups in total. The summed E-state index contributed by atoms with van der Waals surface area (Å²) in [4.78, 5) is 11.2. The van der Waals surface area contributed by atoms with E-state index in [-0.39, 0.29) is 0 Å². The highest BCUT2D eigenvalue weighted by atomic mass is 19.1. The van der Waals surface area contributed by atoms with Crippen molar-refractivity contribution in [3.8, 4) is 0 Å². The standard InChI is InChI=1S/C18H21F2N3/c1-11-12(2)21-13(3)22-18(11)23-5-4-14(10-23)6-15-7-16(19)9-17(20)8-15/h7-9,14H,4-6,10H2,1-3H3. The molecule has 3 nitrogen and oxygen atoms in total. The summed E-state index contributed by atoms with van der Waals surface area (Å²) in [6.45, 7) is 7.71. The van der Waals surface area contributed by atoms with Crippen molar-refractivity contribution in [1.29, 1.82) is 0 Å². The van der Waals surface area contributed by atoms with Crippen molar-refractivity contribution >= 4 is 5.82 Å². The molecule has 1 unspecified atom stereocenters. The largest absolute Gasteiger partial charge is 0.356 e. The van der Waals surface area contributed by atoms with E-state index in [2.05, 4.69) is 14.9 Å². The maximum absolute atomic E-state index is 13.3.